The van der Waals surface area contributed by atoms with Gasteiger partial charge in [-0.15, -0.1) is 0 Å². The van der Waals surface area contributed by atoms with Crippen LogP contribution in [0.1, 0.15) is 39.5 Å². The zero-order valence-corrected chi connectivity index (χ0v) is 13.5. The zero-order chi connectivity index (χ0) is 12.4. The number of unbranched alkanes of at least 4 members (excludes halogenated alkanes) is 2. The van der Waals surface area contributed by atoms with Crippen LogP contribution in [0.2, 0.25) is 19.6 Å². The summed E-state index contributed by atoms with van der Waals surface area (Å²) >= 11 is 0. The summed E-state index contributed by atoms with van der Waals surface area (Å²) in [6, 6.07) is 0. The molecular formula is C11H27O3Si2. The summed E-state index contributed by atoms with van der Waals surface area (Å²) in [5.41, 5.74) is 0. The summed E-state index contributed by atoms with van der Waals surface area (Å²) in [5.74, 6) is 0. The molecule has 0 aromatic heterocycles. The van der Waals surface area contributed by atoms with E-state index in [0.717, 1.165) is 38.9 Å². The molecule has 0 N–H and O–H groups in total. The predicted octanol–water partition coefficient (Wildman–Crippen LogP) is 3.46. The summed E-state index contributed by atoms with van der Waals surface area (Å²) in [4.78, 5) is 0. The molecule has 97 valence electrons. The Labute approximate surface area is 104 Å². The molecular weight excluding hydrogens is 236 g/mol. The lowest BCUT2D eigenvalue weighted by molar-refractivity contribution is 0.135. The number of hydrogen-bond acceptors (Lipinski definition) is 3. The molecule has 0 bridgehead atoms. The van der Waals surface area contributed by atoms with Gasteiger partial charge in [0.15, 0.2) is 8.32 Å². The molecule has 16 heavy (non-hydrogen) atoms. The Kier molecular flexibility index (Phi) is 9.54. The molecule has 5 heteroatoms. The van der Waals surface area contributed by atoms with Crippen molar-refractivity contribution in [2.24, 2.45) is 0 Å². The van der Waals surface area contributed by atoms with Crippen molar-refractivity contribution < 1.29 is 13.0 Å². The second-order valence-electron chi connectivity index (χ2n) is 4.87. The number of rotatable bonds is 10. The minimum Gasteiger partial charge on any atom is -0.414 e. The topological polar surface area (TPSA) is 27.7 Å². The lowest BCUT2D eigenvalue weighted by Gasteiger charge is -2.23. The SMILES string of the molecule is CCCCO[Si](OCCCC)O[Si](C)(C)C. The third kappa shape index (κ3) is 10.8. The normalized spacial score (nSPS) is 12.4. The molecule has 0 amide bonds. The van der Waals surface area contributed by atoms with Gasteiger partial charge in [-0.2, -0.15) is 0 Å². The van der Waals surface area contributed by atoms with Gasteiger partial charge in [-0.05, 0) is 32.5 Å². The van der Waals surface area contributed by atoms with Crippen LogP contribution in [0.5, 0.6) is 0 Å². The monoisotopic (exact) mass is 263 g/mol. The molecule has 0 aliphatic carbocycles. The molecule has 0 saturated carbocycles. The zero-order valence-electron chi connectivity index (χ0n) is 11.5. The Morgan fingerprint density at radius 2 is 1.31 bits per heavy atom. The Bertz CT molecular complexity index is 150. The first-order valence-corrected chi connectivity index (χ1v) is 10.9. The fraction of sp³-hybridized carbons (Fsp3) is 1.00. The second-order valence-corrected chi connectivity index (χ2v) is 11.0. The Morgan fingerprint density at radius 1 is 0.875 bits per heavy atom. The molecule has 0 aliphatic rings. The first kappa shape index (κ1) is 16.3. The van der Waals surface area contributed by atoms with Crippen molar-refractivity contribution in [3.63, 3.8) is 0 Å². The van der Waals surface area contributed by atoms with E-state index in [1.54, 1.807) is 0 Å². The molecule has 0 heterocycles. The molecule has 0 saturated heterocycles. The molecule has 0 atom stereocenters. The summed E-state index contributed by atoms with van der Waals surface area (Å²) in [6.45, 7) is 12.4. The Hall–Kier alpha value is 0.314. The average Bonchev–Trinajstić information content (AvgIpc) is 2.16. The molecule has 1 radical (unpaired) electrons. The largest absolute Gasteiger partial charge is 0.566 e. The summed E-state index contributed by atoms with van der Waals surface area (Å²) < 4.78 is 17.3. The molecule has 0 unspecified atom stereocenters. The van der Waals surface area contributed by atoms with Crippen LogP contribution in [0, 0.1) is 0 Å². The molecule has 0 fully saturated rings. The van der Waals surface area contributed by atoms with Gasteiger partial charge in [0, 0.05) is 13.2 Å². The highest BCUT2D eigenvalue weighted by Crippen LogP contribution is 2.08. The first-order valence-electron chi connectivity index (χ1n) is 6.31. The van der Waals surface area contributed by atoms with E-state index in [0.29, 0.717) is 0 Å². The Morgan fingerprint density at radius 3 is 1.62 bits per heavy atom. The smallest absolute Gasteiger partial charge is 0.414 e. The van der Waals surface area contributed by atoms with E-state index in [1.807, 2.05) is 0 Å². The van der Waals surface area contributed by atoms with Gasteiger partial charge in [0.05, 0.1) is 0 Å². The molecule has 0 aromatic carbocycles. The minimum atomic E-state index is -1.55. The molecule has 0 aliphatic heterocycles. The van der Waals surface area contributed by atoms with Crippen molar-refractivity contribution in [3.05, 3.63) is 0 Å². The summed E-state index contributed by atoms with van der Waals surface area (Å²) in [6.07, 6.45) is 4.47. The van der Waals surface area contributed by atoms with Gasteiger partial charge in [0.2, 0.25) is 0 Å². The quantitative estimate of drug-likeness (QED) is 0.446. The van der Waals surface area contributed by atoms with Crippen LogP contribution in [-0.2, 0) is 13.0 Å². The molecule has 0 rings (SSSR count). The maximum absolute atomic E-state index is 5.93. The fourth-order valence-corrected chi connectivity index (χ4v) is 4.13. The van der Waals surface area contributed by atoms with Crippen molar-refractivity contribution in [3.8, 4) is 0 Å². The summed E-state index contributed by atoms with van der Waals surface area (Å²) in [7, 11) is -3.03. The van der Waals surface area contributed by atoms with E-state index in [4.69, 9.17) is 13.0 Å². The van der Waals surface area contributed by atoms with Gasteiger partial charge < -0.3 is 13.0 Å². The van der Waals surface area contributed by atoms with Crippen molar-refractivity contribution in [2.75, 3.05) is 13.2 Å². The predicted molar refractivity (Wildman–Crippen MR) is 71.9 cm³/mol. The van der Waals surface area contributed by atoms with E-state index in [9.17, 15) is 0 Å². The first-order chi connectivity index (χ1) is 7.49. The van der Waals surface area contributed by atoms with Crippen LogP contribution < -0.4 is 0 Å². The van der Waals surface area contributed by atoms with Gasteiger partial charge in [-0.3, -0.25) is 0 Å². The van der Waals surface area contributed by atoms with E-state index in [1.165, 1.54) is 0 Å². The van der Waals surface area contributed by atoms with Crippen molar-refractivity contribution in [1.82, 2.24) is 0 Å². The fourth-order valence-electron chi connectivity index (χ4n) is 0.950. The van der Waals surface area contributed by atoms with Gasteiger partial charge in [-0.25, -0.2) is 0 Å². The highest BCUT2D eigenvalue weighted by atomic mass is 28.4. The molecule has 0 aromatic rings. The maximum Gasteiger partial charge on any atom is 0.566 e. The van der Waals surface area contributed by atoms with Crippen molar-refractivity contribution in [2.45, 2.75) is 59.2 Å². The molecule has 3 nitrogen and oxygen atoms in total. The van der Waals surface area contributed by atoms with Crippen LogP contribution in [0.4, 0.5) is 0 Å². The Balaban J connectivity index is 3.85. The maximum atomic E-state index is 5.93. The second kappa shape index (κ2) is 9.35. The van der Waals surface area contributed by atoms with Crippen molar-refractivity contribution in [1.29, 1.82) is 0 Å². The van der Waals surface area contributed by atoms with Gasteiger partial charge in [-0.1, -0.05) is 26.7 Å². The minimum absolute atomic E-state index is 0.765. The van der Waals surface area contributed by atoms with Gasteiger partial charge in [0.1, 0.15) is 0 Å². The van der Waals surface area contributed by atoms with Crippen LogP contribution >= 0.6 is 0 Å². The van der Waals surface area contributed by atoms with Crippen molar-refractivity contribution >= 4 is 17.8 Å². The van der Waals surface area contributed by atoms with E-state index >= 15 is 0 Å². The van der Waals surface area contributed by atoms with Gasteiger partial charge >= 0.3 is 9.53 Å². The standard InChI is InChI=1S/C11H27O3Si2/c1-6-8-10-12-15(13-11-9-7-2)14-16(3,4)5/h6-11H2,1-5H3. The number of hydrogen-bond donors (Lipinski definition) is 0. The van der Waals surface area contributed by atoms with E-state index in [-0.39, 0.29) is 0 Å². The van der Waals surface area contributed by atoms with E-state index < -0.39 is 17.8 Å². The molecule has 0 spiro atoms. The summed E-state index contributed by atoms with van der Waals surface area (Å²) in [5, 5.41) is 0. The average molecular weight is 264 g/mol. The lowest BCUT2D eigenvalue weighted by atomic mass is 10.4. The third-order valence-corrected chi connectivity index (χ3v) is 5.82. The van der Waals surface area contributed by atoms with Crippen LogP contribution in [0.15, 0.2) is 0 Å². The van der Waals surface area contributed by atoms with E-state index in [2.05, 4.69) is 33.5 Å². The van der Waals surface area contributed by atoms with Crippen LogP contribution in [-0.4, -0.2) is 31.1 Å². The van der Waals surface area contributed by atoms with Gasteiger partial charge in [0.25, 0.3) is 0 Å². The highest BCUT2D eigenvalue weighted by Gasteiger charge is 2.27. The van der Waals surface area contributed by atoms with Crippen LogP contribution in [0.3, 0.4) is 0 Å². The van der Waals surface area contributed by atoms with Crippen LogP contribution in [0.25, 0.3) is 0 Å². The lowest BCUT2D eigenvalue weighted by Crippen LogP contribution is -2.39. The highest BCUT2D eigenvalue weighted by molar-refractivity contribution is 6.74. The third-order valence-electron chi connectivity index (χ3n) is 1.83.